The Morgan fingerprint density at radius 2 is 1.75 bits per heavy atom. The average molecular weight is 269 g/mol. The predicted molar refractivity (Wildman–Crippen MR) is 82.4 cm³/mol. The van der Waals surface area contributed by atoms with Gasteiger partial charge < -0.3 is 20.8 Å². The van der Waals surface area contributed by atoms with E-state index in [9.17, 15) is 5.11 Å². The van der Waals surface area contributed by atoms with E-state index in [0.29, 0.717) is 11.4 Å². The van der Waals surface area contributed by atoms with Crippen molar-refractivity contribution in [1.82, 2.24) is 0 Å². The number of anilines is 1. The summed E-state index contributed by atoms with van der Waals surface area (Å²) in [5.41, 5.74) is 2.58. The molecular formula is C16H19N3O. The van der Waals surface area contributed by atoms with Gasteiger partial charge in [-0.1, -0.05) is 24.3 Å². The number of rotatable bonds is 4. The lowest BCUT2D eigenvalue weighted by Crippen LogP contribution is -2.33. The number of allylic oxidation sites excluding steroid dienone is 2. The normalized spacial score (nSPS) is 19.4. The van der Waals surface area contributed by atoms with Crippen LogP contribution in [0.1, 0.15) is 13.8 Å². The molecule has 0 bridgehead atoms. The van der Waals surface area contributed by atoms with Gasteiger partial charge in [0.05, 0.1) is 5.92 Å². The summed E-state index contributed by atoms with van der Waals surface area (Å²) in [6.07, 6.45) is 4.58. The zero-order valence-electron chi connectivity index (χ0n) is 11.7. The molecule has 20 heavy (non-hydrogen) atoms. The van der Waals surface area contributed by atoms with E-state index in [1.807, 2.05) is 36.5 Å². The summed E-state index contributed by atoms with van der Waals surface area (Å²) >= 11 is 0. The molecule has 0 fully saturated rings. The van der Waals surface area contributed by atoms with E-state index < -0.39 is 6.23 Å². The van der Waals surface area contributed by atoms with Crippen LogP contribution in [0.2, 0.25) is 0 Å². The Hall–Kier alpha value is -2.20. The summed E-state index contributed by atoms with van der Waals surface area (Å²) in [5.74, 6) is -0.329. The van der Waals surface area contributed by atoms with Crippen molar-refractivity contribution in [1.29, 1.82) is 10.8 Å². The van der Waals surface area contributed by atoms with Crippen molar-refractivity contribution in [2.24, 2.45) is 5.92 Å². The number of hydrogen-bond donors (Lipinski definition) is 3. The van der Waals surface area contributed by atoms with Crippen molar-refractivity contribution in [3.63, 3.8) is 0 Å². The largest absolute Gasteiger partial charge is 0.370 e. The van der Waals surface area contributed by atoms with E-state index in [1.165, 1.54) is 0 Å². The highest BCUT2D eigenvalue weighted by atomic mass is 16.3. The maximum atomic E-state index is 10.1. The second kappa shape index (κ2) is 5.84. The molecule has 104 valence electrons. The van der Waals surface area contributed by atoms with E-state index >= 15 is 0 Å². The Morgan fingerprint density at radius 1 is 1.15 bits per heavy atom. The first-order chi connectivity index (χ1) is 9.50. The summed E-state index contributed by atoms with van der Waals surface area (Å²) < 4.78 is 0. The fraction of sp³-hybridized carbons (Fsp3) is 0.250. The van der Waals surface area contributed by atoms with Gasteiger partial charge in [-0.15, -0.1) is 0 Å². The minimum Gasteiger partial charge on any atom is -0.370 e. The van der Waals surface area contributed by atoms with E-state index in [2.05, 4.69) is 0 Å². The second-order valence-corrected chi connectivity index (χ2v) is 4.94. The molecule has 3 N–H and O–H groups in total. The number of hydrogen-bond acceptors (Lipinski definition) is 4. The van der Waals surface area contributed by atoms with Gasteiger partial charge in [0.2, 0.25) is 0 Å². The molecule has 0 spiro atoms. The SMILES string of the molecule is CC(=N)C(C(C)=N)C1=CN(c2ccccc2)C(O)C=C1. The maximum Gasteiger partial charge on any atom is 0.150 e. The molecule has 4 heteroatoms. The molecule has 1 aliphatic heterocycles. The number of nitrogens with one attached hydrogen (secondary N) is 2. The summed E-state index contributed by atoms with van der Waals surface area (Å²) in [5, 5.41) is 25.8. The molecule has 2 rings (SSSR count). The van der Waals surface area contributed by atoms with Crippen molar-refractivity contribution < 1.29 is 5.11 Å². The third kappa shape index (κ3) is 2.86. The molecule has 1 atom stereocenters. The molecule has 1 unspecified atom stereocenters. The van der Waals surface area contributed by atoms with Gasteiger partial charge in [-0.25, -0.2) is 0 Å². The van der Waals surface area contributed by atoms with Gasteiger partial charge in [-0.2, -0.15) is 0 Å². The van der Waals surface area contributed by atoms with Crippen molar-refractivity contribution in [2.45, 2.75) is 20.1 Å². The van der Waals surface area contributed by atoms with Crippen molar-refractivity contribution in [3.05, 3.63) is 54.3 Å². The molecule has 0 aliphatic carbocycles. The minimum absolute atomic E-state index is 0.329. The highest BCUT2D eigenvalue weighted by Crippen LogP contribution is 2.26. The zero-order chi connectivity index (χ0) is 14.7. The van der Waals surface area contributed by atoms with Gasteiger partial charge in [0.15, 0.2) is 0 Å². The van der Waals surface area contributed by atoms with E-state index in [1.54, 1.807) is 30.9 Å². The quantitative estimate of drug-likeness (QED) is 0.735. The van der Waals surface area contributed by atoms with Gasteiger partial charge in [0, 0.05) is 23.3 Å². The topological polar surface area (TPSA) is 71.2 Å². The molecule has 1 aliphatic rings. The number of nitrogens with zero attached hydrogens (tertiary/aromatic N) is 1. The number of benzene rings is 1. The van der Waals surface area contributed by atoms with Crippen LogP contribution < -0.4 is 4.90 Å². The third-order valence-corrected chi connectivity index (χ3v) is 3.29. The summed E-state index contributed by atoms with van der Waals surface area (Å²) in [6, 6.07) is 9.58. The molecule has 1 heterocycles. The van der Waals surface area contributed by atoms with Gasteiger partial charge in [0.25, 0.3) is 0 Å². The molecule has 0 saturated carbocycles. The maximum absolute atomic E-state index is 10.1. The van der Waals surface area contributed by atoms with Crippen LogP contribution in [0, 0.1) is 16.7 Å². The van der Waals surface area contributed by atoms with Crippen LogP contribution in [0.15, 0.2) is 54.3 Å². The van der Waals surface area contributed by atoms with E-state index in [-0.39, 0.29) is 5.92 Å². The Morgan fingerprint density at radius 3 is 2.30 bits per heavy atom. The van der Waals surface area contributed by atoms with E-state index in [4.69, 9.17) is 10.8 Å². The van der Waals surface area contributed by atoms with Crippen LogP contribution in [0.25, 0.3) is 0 Å². The van der Waals surface area contributed by atoms with Gasteiger partial charge >= 0.3 is 0 Å². The van der Waals surface area contributed by atoms with Crippen LogP contribution in [0.4, 0.5) is 5.69 Å². The summed E-state index contributed by atoms with van der Waals surface area (Å²) in [6.45, 7) is 3.41. The fourth-order valence-electron chi connectivity index (χ4n) is 2.39. The average Bonchev–Trinajstić information content (AvgIpc) is 2.41. The van der Waals surface area contributed by atoms with Crippen molar-refractivity contribution >= 4 is 17.1 Å². The van der Waals surface area contributed by atoms with E-state index in [0.717, 1.165) is 11.3 Å². The standard InChI is InChI=1S/C16H19N3O/c1-11(17)16(12(2)18)13-8-9-15(20)19(10-13)14-6-4-3-5-7-14/h3-10,15-18,20H,1-2H3. The highest BCUT2D eigenvalue weighted by molar-refractivity contribution is 6.06. The molecule has 0 amide bonds. The molecule has 0 aromatic heterocycles. The van der Waals surface area contributed by atoms with Gasteiger partial charge in [-0.3, -0.25) is 0 Å². The minimum atomic E-state index is -0.723. The second-order valence-electron chi connectivity index (χ2n) is 4.94. The Bertz CT molecular complexity index is 561. The molecular weight excluding hydrogens is 250 g/mol. The molecule has 1 aromatic rings. The lowest BCUT2D eigenvalue weighted by Gasteiger charge is -2.30. The Kier molecular flexibility index (Phi) is 4.15. The number of aliphatic hydroxyl groups is 1. The van der Waals surface area contributed by atoms with Gasteiger partial charge in [-0.05, 0) is 37.6 Å². The molecule has 4 nitrogen and oxygen atoms in total. The first kappa shape index (κ1) is 14.2. The summed E-state index contributed by atoms with van der Waals surface area (Å²) in [7, 11) is 0. The fourth-order valence-corrected chi connectivity index (χ4v) is 2.39. The Balaban J connectivity index is 2.38. The number of para-hydroxylation sites is 1. The van der Waals surface area contributed by atoms with Crippen LogP contribution in [0.5, 0.6) is 0 Å². The zero-order valence-corrected chi connectivity index (χ0v) is 11.7. The molecule has 0 radical (unpaired) electrons. The first-order valence-corrected chi connectivity index (χ1v) is 6.52. The van der Waals surface area contributed by atoms with Crippen molar-refractivity contribution in [2.75, 3.05) is 4.90 Å². The highest BCUT2D eigenvalue weighted by Gasteiger charge is 2.23. The predicted octanol–water partition coefficient (Wildman–Crippen LogP) is 2.96. The lowest BCUT2D eigenvalue weighted by atomic mass is 9.89. The first-order valence-electron chi connectivity index (χ1n) is 6.52. The van der Waals surface area contributed by atoms with Crippen LogP contribution >= 0.6 is 0 Å². The number of aliphatic hydroxyl groups excluding tert-OH is 1. The third-order valence-electron chi connectivity index (χ3n) is 3.29. The van der Waals surface area contributed by atoms with Crippen LogP contribution in [-0.2, 0) is 0 Å². The monoisotopic (exact) mass is 269 g/mol. The Labute approximate surface area is 119 Å². The molecule has 0 saturated heterocycles. The van der Waals surface area contributed by atoms with Crippen LogP contribution in [-0.4, -0.2) is 22.8 Å². The lowest BCUT2D eigenvalue weighted by molar-refractivity contribution is 0.226. The molecule has 1 aromatic carbocycles. The van der Waals surface area contributed by atoms with Crippen LogP contribution in [0.3, 0.4) is 0 Å². The smallest absolute Gasteiger partial charge is 0.150 e. The van der Waals surface area contributed by atoms with Crippen molar-refractivity contribution in [3.8, 4) is 0 Å². The summed E-state index contributed by atoms with van der Waals surface area (Å²) in [4.78, 5) is 1.74. The van der Waals surface area contributed by atoms with Gasteiger partial charge in [0.1, 0.15) is 6.23 Å².